The van der Waals surface area contributed by atoms with Crippen molar-refractivity contribution in [2.75, 3.05) is 12.4 Å². The van der Waals surface area contributed by atoms with E-state index in [0.29, 0.717) is 5.17 Å². The highest BCUT2D eigenvalue weighted by Gasteiger charge is 2.32. The van der Waals surface area contributed by atoms with Crippen LogP contribution in [0.5, 0.6) is 5.75 Å². The molecule has 1 saturated heterocycles. The van der Waals surface area contributed by atoms with Gasteiger partial charge in [-0.2, -0.15) is 5.10 Å². The van der Waals surface area contributed by atoms with Crippen LogP contribution in [0.3, 0.4) is 0 Å². The van der Waals surface area contributed by atoms with Gasteiger partial charge in [-0.15, -0.1) is 5.10 Å². The minimum Gasteiger partial charge on any atom is -0.497 e. The Kier molecular flexibility index (Phi) is 6.66. The van der Waals surface area contributed by atoms with E-state index in [1.807, 2.05) is 56.3 Å². The van der Waals surface area contributed by atoms with Crippen LogP contribution >= 0.6 is 11.8 Å². The Morgan fingerprint density at radius 1 is 1.24 bits per heavy atom. The number of ether oxygens (including phenoxy) is 1. The predicted molar refractivity (Wildman–Crippen MR) is 117 cm³/mol. The van der Waals surface area contributed by atoms with E-state index in [0.717, 1.165) is 28.1 Å². The van der Waals surface area contributed by atoms with Gasteiger partial charge in [-0.1, -0.05) is 29.5 Å². The largest absolute Gasteiger partial charge is 0.497 e. The Morgan fingerprint density at radius 2 is 2.00 bits per heavy atom. The van der Waals surface area contributed by atoms with Gasteiger partial charge in [-0.3, -0.25) is 9.59 Å². The average molecular weight is 410 g/mol. The average Bonchev–Trinajstić information content (AvgIpc) is 3.03. The number of nitrogens with zero attached hydrogens (tertiary/aromatic N) is 2. The summed E-state index contributed by atoms with van der Waals surface area (Å²) in [6, 6.07) is 13.1. The molecule has 0 bridgehead atoms. The molecule has 1 aliphatic heterocycles. The summed E-state index contributed by atoms with van der Waals surface area (Å²) in [4.78, 5) is 24.5. The lowest BCUT2D eigenvalue weighted by Gasteiger charge is -2.10. The van der Waals surface area contributed by atoms with Crippen molar-refractivity contribution < 1.29 is 14.3 Å². The number of amides is 2. The van der Waals surface area contributed by atoms with E-state index in [4.69, 9.17) is 4.74 Å². The van der Waals surface area contributed by atoms with Crippen molar-refractivity contribution in [2.24, 2.45) is 10.2 Å². The monoisotopic (exact) mass is 410 g/mol. The lowest BCUT2D eigenvalue weighted by molar-refractivity contribution is -0.122. The van der Waals surface area contributed by atoms with Crippen LogP contribution in [-0.4, -0.2) is 35.6 Å². The number of hydrogen-bond donors (Lipinski definition) is 2. The molecule has 2 amide bonds. The Hall–Kier alpha value is -3.13. The maximum atomic E-state index is 12.3. The first-order valence-electron chi connectivity index (χ1n) is 9.04. The van der Waals surface area contributed by atoms with E-state index in [1.54, 1.807) is 13.3 Å². The molecule has 1 atom stereocenters. The molecular formula is C21H22N4O3S. The molecule has 0 unspecified atom stereocenters. The second kappa shape index (κ2) is 9.38. The zero-order chi connectivity index (χ0) is 20.8. The van der Waals surface area contributed by atoms with Gasteiger partial charge in [-0.25, -0.2) is 0 Å². The second-order valence-electron chi connectivity index (χ2n) is 6.59. The number of carbonyl (C=O) groups is 2. The fourth-order valence-electron chi connectivity index (χ4n) is 2.75. The topological polar surface area (TPSA) is 92.2 Å². The maximum absolute atomic E-state index is 12.3. The number of benzene rings is 2. The van der Waals surface area contributed by atoms with Crippen molar-refractivity contribution in [1.82, 2.24) is 5.32 Å². The first kappa shape index (κ1) is 20.6. The fraction of sp³-hybridized carbons (Fsp3) is 0.238. The van der Waals surface area contributed by atoms with Gasteiger partial charge in [0.15, 0.2) is 5.17 Å². The Balaban J connectivity index is 1.55. The number of carbonyl (C=O) groups excluding carboxylic acids is 2. The number of hydrogen-bond acceptors (Lipinski definition) is 6. The third-order valence-corrected chi connectivity index (χ3v) is 5.35. The SMILES string of the molecule is COc1ccc(/C=N\N=C2/NC(=O)[C@@H](CC(=O)Nc3ccc(C)cc3C)S2)cc1. The van der Waals surface area contributed by atoms with Crippen LogP contribution in [0.1, 0.15) is 23.1 Å². The van der Waals surface area contributed by atoms with Gasteiger partial charge in [0, 0.05) is 12.1 Å². The van der Waals surface area contributed by atoms with Gasteiger partial charge < -0.3 is 15.4 Å². The van der Waals surface area contributed by atoms with Crippen LogP contribution in [0.15, 0.2) is 52.7 Å². The minimum atomic E-state index is -0.532. The number of aryl methyl sites for hydroxylation is 2. The molecule has 0 aromatic heterocycles. The smallest absolute Gasteiger partial charge is 0.240 e. The zero-order valence-electron chi connectivity index (χ0n) is 16.4. The van der Waals surface area contributed by atoms with E-state index in [2.05, 4.69) is 20.8 Å². The molecule has 8 heteroatoms. The van der Waals surface area contributed by atoms with Crippen LogP contribution in [0.4, 0.5) is 5.69 Å². The maximum Gasteiger partial charge on any atom is 0.240 e. The Bertz CT molecular complexity index is 970. The highest BCUT2D eigenvalue weighted by Crippen LogP contribution is 2.24. The molecule has 0 saturated carbocycles. The highest BCUT2D eigenvalue weighted by atomic mass is 32.2. The summed E-state index contributed by atoms with van der Waals surface area (Å²) in [5.41, 5.74) is 3.72. The van der Waals surface area contributed by atoms with Crippen LogP contribution in [0.2, 0.25) is 0 Å². The van der Waals surface area contributed by atoms with Gasteiger partial charge in [0.1, 0.15) is 11.0 Å². The van der Waals surface area contributed by atoms with Gasteiger partial charge in [0.2, 0.25) is 11.8 Å². The summed E-state index contributed by atoms with van der Waals surface area (Å²) >= 11 is 1.20. The molecule has 2 aromatic carbocycles. The molecule has 150 valence electrons. The molecule has 29 heavy (non-hydrogen) atoms. The summed E-state index contributed by atoms with van der Waals surface area (Å²) in [7, 11) is 1.60. The van der Waals surface area contributed by atoms with Crippen LogP contribution in [0, 0.1) is 13.8 Å². The molecule has 2 aromatic rings. The van der Waals surface area contributed by atoms with E-state index < -0.39 is 5.25 Å². The molecule has 3 rings (SSSR count). The molecular weight excluding hydrogens is 388 g/mol. The lowest BCUT2D eigenvalue weighted by atomic mass is 10.1. The number of nitrogens with one attached hydrogen (secondary N) is 2. The fourth-order valence-corrected chi connectivity index (χ4v) is 3.67. The lowest BCUT2D eigenvalue weighted by Crippen LogP contribution is -2.28. The third kappa shape index (κ3) is 5.68. The van der Waals surface area contributed by atoms with Crippen molar-refractivity contribution in [3.8, 4) is 5.75 Å². The number of rotatable bonds is 6. The van der Waals surface area contributed by atoms with Gasteiger partial charge in [0.25, 0.3) is 0 Å². The quantitative estimate of drug-likeness (QED) is 0.565. The summed E-state index contributed by atoms with van der Waals surface area (Å²) in [5, 5.41) is 13.4. The van der Waals surface area contributed by atoms with Crippen LogP contribution < -0.4 is 15.4 Å². The van der Waals surface area contributed by atoms with Crippen molar-refractivity contribution in [3.63, 3.8) is 0 Å². The van der Waals surface area contributed by atoms with Crippen molar-refractivity contribution in [3.05, 3.63) is 59.2 Å². The summed E-state index contributed by atoms with van der Waals surface area (Å²) in [6.07, 6.45) is 1.64. The van der Waals surface area contributed by atoms with E-state index in [9.17, 15) is 9.59 Å². The van der Waals surface area contributed by atoms with Crippen molar-refractivity contribution in [1.29, 1.82) is 0 Å². The van der Waals surface area contributed by atoms with Crippen LogP contribution in [-0.2, 0) is 9.59 Å². The second-order valence-corrected chi connectivity index (χ2v) is 7.78. The van der Waals surface area contributed by atoms with Crippen molar-refractivity contribution >= 4 is 40.6 Å². The first-order chi connectivity index (χ1) is 13.9. The van der Waals surface area contributed by atoms with Crippen molar-refractivity contribution in [2.45, 2.75) is 25.5 Å². The Morgan fingerprint density at radius 3 is 2.69 bits per heavy atom. The number of anilines is 1. The normalized spacial score (nSPS) is 17.6. The Labute approximate surface area is 173 Å². The molecule has 1 fully saturated rings. The van der Waals surface area contributed by atoms with Gasteiger partial charge >= 0.3 is 0 Å². The zero-order valence-corrected chi connectivity index (χ0v) is 17.2. The predicted octanol–water partition coefficient (Wildman–Crippen LogP) is 3.26. The molecule has 0 radical (unpaired) electrons. The number of methoxy groups -OCH3 is 1. The number of thioether (sulfide) groups is 1. The molecule has 1 aliphatic rings. The molecule has 1 heterocycles. The molecule has 7 nitrogen and oxygen atoms in total. The number of amidine groups is 1. The van der Waals surface area contributed by atoms with Gasteiger partial charge in [0.05, 0.1) is 13.3 Å². The molecule has 2 N–H and O–H groups in total. The summed E-state index contributed by atoms with van der Waals surface area (Å²) in [5.74, 6) is 0.297. The van der Waals surface area contributed by atoms with E-state index in [1.165, 1.54) is 11.8 Å². The summed E-state index contributed by atoms with van der Waals surface area (Å²) < 4.78 is 5.10. The van der Waals surface area contributed by atoms with Gasteiger partial charge in [-0.05, 0) is 55.3 Å². The summed E-state index contributed by atoms with van der Waals surface area (Å²) in [6.45, 7) is 3.93. The van der Waals surface area contributed by atoms with E-state index in [-0.39, 0.29) is 18.2 Å². The molecule has 0 aliphatic carbocycles. The highest BCUT2D eigenvalue weighted by molar-refractivity contribution is 8.15. The molecule has 0 spiro atoms. The first-order valence-corrected chi connectivity index (χ1v) is 9.92. The standard InChI is InChI=1S/C21H22N4O3S/c1-13-4-9-17(14(2)10-13)23-19(26)11-18-20(27)24-21(29-18)25-22-12-15-5-7-16(28-3)8-6-15/h4-10,12,18H,11H2,1-3H3,(H,23,26)(H,24,25,27)/b22-12-/t18-/m1/s1. The van der Waals surface area contributed by atoms with Crippen LogP contribution in [0.25, 0.3) is 0 Å². The van der Waals surface area contributed by atoms with E-state index >= 15 is 0 Å². The minimum absolute atomic E-state index is 0.0605. The third-order valence-electron chi connectivity index (χ3n) is 4.27.